The van der Waals surface area contributed by atoms with Crippen LogP contribution in [0.5, 0.6) is 0 Å². The van der Waals surface area contributed by atoms with Gasteiger partial charge >= 0.3 is 12.1 Å². The summed E-state index contributed by atoms with van der Waals surface area (Å²) >= 11 is 6.40. The first-order valence-corrected chi connectivity index (χ1v) is 7.79. The predicted molar refractivity (Wildman–Crippen MR) is 88.8 cm³/mol. The van der Waals surface area contributed by atoms with E-state index in [1.807, 2.05) is 30.3 Å². The van der Waals surface area contributed by atoms with E-state index in [4.69, 9.17) is 27.2 Å². The lowest BCUT2D eigenvalue weighted by Crippen LogP contribution is -2.30. The first kappa shape index (κ1) is 19.8. The Balaban J connectivity index is 0.000000298. The van der Waals surface area contributed by atoms with Crippen LogP contribution in [0.3, 0.4) is 0 Å². The van der Waals surface area contributed by atoms with Crippen LogP contribution in [0.15, 0.2) is 30.3 Å². The molecule has 0 atom stereocenters. The predicted octanol–water partition coefficient (Wildman–Crippen LogP) is 2.64. The molecule has 2 aromatic rings. The number of halogens is 4. The van der Waals surface area contributed by atoms with Crippen LogP contribution in [-0.2, 0) is 17.9 Å². The summed E-state index contributed by atoms with van der Waals surface area (Å²) in [6.07, 6.45) is -5.08. The number of amides is 1. The number of aliphatic carboxylic acids is 1. The zero-order valence-corrected chi connectivity index (χ0v) is 14.1. The first-order valence-electron chi connectivity index (χ1n) is 7.41. The fourth-order valence-electron chi connectivity index (χ4n) is 2.59. The molecule has 140 valence electrons. The Morgan fingerprint density at radius 2 is 1.81 bits per heavy atom. The zero-order chi connectivity index (χ0) is 19.5. The Labute approximate surface area is 151 Å². The molecule has 4 N–H and O–H groups in total. The zero-order valence-electron chi connectivity index (χ0n) is 13.3. The monoisotopic (exact) mass is 389 g/mol. The van der Waals surface area contributed by atoms with Gasteiger partial charge in [0.25, 0.3) is 5.91 Å². The third-order valence-corrected chi connectivity index (χ3v) is 4.02. The van der Waals surface area contributed by atoms with E-state index < -0.39 is 18.1 Å². The molecule has 0 fully saturated rings. The molecule has 0 saturated carbocycles. The highest BCUT2D eigenvalue weighted by Gasteiger charge is 2.38. The van der Waals surface area contributed by atoms with Gasteiger partial charge in [-0.3, -0.25) is 4.79 Å². The molecule has 0 unspecified atom stereocenters. The second-order valence-corrected chi connectivity index (χ2v) is 5.72. The lowest BCUT2D eigenvalue weighted by Gasteiger charge is -2.19. The van der Waals surface area contributed by atoms with Gasteiger partial charge in [-0.2, -0.15) is 13.2 Å². The maximum Gasteiger partial charge on any atom is 0.490 e. The van der Waals surface area contributed by atoms with Crippen molar-refractivity contribution < 1.29 is 27.9 Å². The summed E-state index contributed by atoms with van der Waals surface area (Å²) in [7, 11) is 0. The summed E-state index contributed by atoms with van der Waals surface area (Å²) in [5.41, 5.74) is 8.67. The van der Waals surface area contributed by atoms with Crippen LogP contribution in [-0.4, -0.2) is 34.3 Å². The number of alkyl halides is 3. The largest absolute Gasteiger partial charge is 0.490 e. The van der Waals surface area contributed by atoms with Crippen LogP contribution < -0.4 is 11.1 Å². The minimum Gasteiger partial charge on any atom is -0.475 e. The van der Waals surface area contributed by atoms with Crippen LogP contribution in [0.25, 0.3) is 11.3 Å². The molecule has 1 amide bonds. The molecule has 10 heteroatoms. The lowest BCUT2D eigenvalue weighted by atomic mass is 10.1. The van der Waals surface area contributed by atoms with Gasteiger partial charge in [-0.1, -0.05) is 41.9 Å². The van der Waals surface area contributed by atoms with Gasteiger partial charge in [0.2, 0.25) is 0 Å². The van der Waals surface area contributed by atoms with Gasteiger partial charge in [-0.05, 0) is 5.56 Å². The molecule has 6 nitrogen and oxygen atoms in total. The number of carboxylic acid groups (broad SMARTS) is 1. The lowest BCUT2D eigenvalue weighted by molar-refractivity contribution is -0.192. The average molecular weight is 390 g/mol. The van der Waals surface area contributed by atoms with E-state index in [1.165, 1.54) is 0 Å². The number of primary amides is 1. The number of rotatable bonds is 2. The van der Waals surface area contributed by atoms with Crippen LogP contribution >= 0.6 is 11.6 Å². The van der Waals surface area contributed by atoms with Gasteiger partial charge in [-0.25, -0.2) is 4.79 Å². The SMILES string of the molecule is NC(=O)c1c(Cl)c(-c2ccccc2)n2c1CNCC2.O=C(O)C(F)(F)F. The number of carboxylic acids is 1. The maximum absolute atomic E-state index is 11.6. The van der Waals surface area contributed by atoms with E-state index in [1.54, 1.807) is 0 Å². The highest BCUT2D eigenvalue weighted by molar-refractivity contribution is 6.36. The third kappa shape index (κ3) is 4.17. The fourth-order valence-corrected chi connectivity index (χ4v) is 3.00. The molecule has 1 aromatic carbocycles. The summed E-state index contributed by atoms with van der Waals surface area (Å²) in [6.45, 7) is 2.26. The van der Waals surface area contributed by atoms with Gasteiger partial charge in [0.15, 0.2) is 0 Å². The molecule has 1 aliphatic rings. The highest BCUT2D eigenvalue weighted by atomic mass is 35.5. The molecular formula is C16H15ClF3N3O3. The smallest absolute Gasteiger partial charge is 0.475 e. The highest BCUT2D eigenvalue weighted by Crippen LogP contribution is 2.36. The number of carbonyl (C=O) groups excluding carboxylic acids is 1. The van der Waals surface area contributed by atoms with Crippen LogP contribution in [0.4, 0.5) is 13.2 Å². The summed E-state index contributed by atoms with van der Waals surface area (Å²) in [5.74, 6) is -3.23. The molecular weight excluding hydrogens is 375 g/mol. The van der Waals surface area contributed by atoms with Crippen molar-refractivity contribution in [2.24, 2.45) is 5.73 Å². The van der Waals surface area contributed by atoms with Gasteiger partial charge in [0.1, 0.15) is 0 Å². The molecule has 1 aliphatic heterocycles. The van der Waals surface area contributed by atoms with Gasteiger partial charge < -0.3 is 20.7 Å². The minimum atomic E-state index is -5.08. The van der Waals surface area contributed by atoms with Crippen molar-refractivity contribution in [1.82, 2.24) is 9.88 Å². The van der Waals surface area contributed by atoms with Crippen molar-refractivity contribution in [3.8, 4) is 11.3 Å². The summed E-state index contributed by atoms with van der Waals surface area (Å²) < 4.78 is 33.8. The second kappa shape index (κ2) is 7.79. The first-order chi connectivity index (χ1) is 12.1. The number of benzene rings is 1. The van der Waals surface area contributed by atoms with E-state index in [0.717, 1.165) is 30.0 Å². The minimum absolute atomic E-state index is 0.438. The van der Waals surface area contributed by atoms with E-state index in [0.29, 0.717) is 17.1 Å². The second-order valence-electron chi connectivity index (χ2n) is 5.35. The number of nitrogens with two attached hydrogens (primary N) is 1. The molecule has 0 radical (unpaired) electrons. The number of aromatic nitrogens is 1. The number of hydrogen-bond donors (Lipinski definition) is 3. The van der Waals surface area contributed by atoms with Gasteiger partial charge in [0.05, 0.1) is 16.3 Å². The average Bonchev–Trinajstić information content (AvgIpc) is 2.87. The Morgan fingerprint density at radius 1 is 1.23 bits per heavy atom. The van der Waals surface area contributed by atoms with Crippen molar-refractivity contribution >= 4 is 23.5 Å². The van der Waals surface area contributed by atoms with Crippen molar-refractivity contribution in [2.45, 2.75) is 19.3 Å². The number of fused-ring (bicyclic) bond motifs is 1. The molecule has 0 bridgehead atoms. The summed E-state index contributed by atoms with van der Waals surface area (Å²) in [4.78, 5) is 20.5. The number of carbonyl (C=O) groups is 2. The molecule has 0 aliphatic carbocycles. The Bertz CT molecular complexity index is 820. The third-order valence-electron chi connectivity index (χ3n) is 3.65. The molecule has 1 aromatic heterocycles. The van der Waals surface area contributed by atoms with Gasteiger partial charge in [0, 0.05) is 25.3 Å². The molecule has 3 rings (SSSR count). The van der Waals surface area contributed by atoms with Crippen molar-refractivity contribution in [1.29, 1.82) is 0 Å². The van der Waals surface area contributed by atoms with Gasteiger partial charge in [-0.15, -0.1) is 0 Å². The molecule has 26 heavy (non-hydrogen) atoms. The van der Waals surface area contributed by atoms with Crippen LogP contribution in [0.1, 0.15) is 16.1 Å². The van der Waals surface area contributed by atoms with E-state index >= 15 is 0 Å². The number of nitrogens with zero attached hydrogens (tertiary/aromatic N) is 1. The normalized spacial score (nSPS) is 13.4. The fraction of sp³-hybridized carbons (Fsp3) is 0.250. The van der Waals surface area contributed by atoms with Crippen molar-refractivity contribution in [2.75, 3.05) is 6.54 Å². The van der Waals surface area contributed by atoms with E-state index in [2.05, 4.69) is 9.88 Å². The summed E-state index contributed by atoms with van der Waals surface area (Å²) in [5, 5.41) is 10.8. The molecule has 0 spiro atoms. The van der Waals surface area contributed by atoms with Crippen molar-refractivity contribution in [3.63, 3.8) is 0 Å². The Kier molecular flexibility index (Phi) is 5.94. The van der Waals surface area contributed by atoms with Crippen molar-refractivity contribution in [3.05, 3.63) is 46.6 Å². The summed E-state index contributed by atoms with van der Waals surface area (Å²) in [6, 6.07) is 9.84. The Hall–Kier alpha value is -2.52. The Morgan fingerprint density at radius 3 is 2.31 bits per heavy atom. The van der Waals surface area contributed by atoms with Crippen LogP contribution in [0.2, 0.25) is 5.02 Å². The maximum atomic E-state index is 11.6. The molecule has 0 saturated heterocycles. The topological polar surface area (TPSA) is 97.4 Å². The number of nitrogens with one attached hydrogen (secondary N) is 1. The van der Waals surface area contributed by atoms with E-state index in [-0.39, 0.29) is 0 Å². The number of hydrogen-bond acceptors (Lipinski definition) is 3. The standard InChI is InChI=1S/C14H14ClN3O.C2HF3O2/c15-12-11(14(16)19)10-8-17-6-7-18(10)13(12)9-4-2-1-3-5-9;3-2(4,5)1(6)7/h1-5,17H,6-8H2,(H2,16,19);(H,6,7). The van der Waals surface area contributed by atoms with Crippen LogP contribution in [0, 0.1) is 0 Å². The van der Waals surface area contributed by atoms with E-state index in [9.17, 15) is 18.0 Å². The molecule has 2 heterocycles. The quantitative estimate of drug-likeness (QED) is 0.735.